The predicted octanol–water partition coefficient (Wildman–Crippen LogP) is 3.91. The standard InChI is InChI=1S/C24H25IN2O5/c1-26(2)10-5-11-27-21(14-6-8-18(30-3)19(12-14)31-4)20-22(28)16-13-15(25)7-9-17(16)32-23(20)24(27)29/h6-9,12-13,21H,5,10-11H2,1-4H3. The van der Waals surface area contributed by atoms with Crippen molar-refractivity contribution < 1.29 is 18.7 Å². The van der Waals surface area contributed by atoms with Crippen molar-refractivity contribution in [2.45, 2.75) is 12.5 Å². The fourth-order valence-corrected chi connectivity index (χ4v) is 4.64. The Labute approximate surface area is 200 Å². The minimum atomic E-state index is -0.557. The topological polar surface area (TPSA) is 72.2 Å². The monoisotopic (exact) mass is 548 g/mol. The van der Waals surface area contributed by atoms with E-state index in [4.69, 9.17) is 13.9 Å². The number of hydrogen-bond acceptors (Lipinski definition) is 6. The van der Waals surface area contributed by atoms with Gasteiger partial charge in [0.25, 0.3) is 5.91 Å². The maximum absolute atomic E-state index is 13.6. The van der Waals surface area contributed by atoms with Crippen LogP contribution in [0.2, 0.25) is 0 Å². The third-order valence-corrected chi connectivity index (χ3v) is 6.33. The first kappa shape index (κ1) is 22.6. The molecular formula is C24H25IN2O5. The number of amides is 1. The number of rotatable bonds is 7. The number of nitrogens with zero attached hydrogens (tertiary/aromatic N) is 2. The zero-order chi connectivity index (χ0) is 23.0. The highest BCUT2D eigenvalue weighted by Crippen LogP contribution is 2.41. The van der Waals surface area contributed by atoms with E-state index in [1.165, 1.54) is 0 Å². The van der Waals surface area contributed by atoms with E-state index in [1.807, 2.05) is 32.3 Å². The average Bonchev–Trinajstić information content (AvgIpc) is 3.05. The van der Waals surface area contributed by atoms with Crippen LogP contribution in [0.25, 0.3) is 11.0 Å². The third kappa shape index (κ3) is 3.97. The molecule has 3 aromatic rings. The molecule has 4 rings (SSSR count). The Morgan fingerprint density at radius 2 is 1.81 bits per heavy atom. The smallest absolute Gasteiger partial charge is 0.290 e. The van der Waals surface area contributed by atoms with Crippen LogP contribution in [0.1, 0.15) is 34.1 Å². The van der Waals surface area contributed by atoms with Crippen LogP contribution >= 0.6 is 22.6 Å². The first-order valence-corrected chi connectivity index (χ1v) is 11.4. The molecule has 0 saturated carbocycles. The van der Waals surface area contributed by atoms with E-state index in [2.05, 4.69) is 27.5 Å². The van der Waals surface area contributed by atoms with Gasteiger partial charge in [-0.25, -0.2) is 0 Å². The highest BCUT2D eigenvalue weighted by Gasteiger charge is 2.42. The van der Waals surface area contributed by atoms with E-state index in [-0.39, 0.29) is 17.1 Å². The number of carbonyl (C=O) groups excluding carboxylic acids is 1. The molecule has 8 heteroatoms. The molecule has 0 radical (unpaired) electrons. The van der Waals surface area contributed by atoms with Crippen LogP contribution in [0.4, 0.5) is 0 Å². The Morgan fingerprint density at radius 1 is 1.06 bits per heavy atom. The lowest BCUT2D eigenvalue weighted by Gasteiger charge is -2.26. The Kier molecular flexibility index (Phi) is 6.43. The molecule has 1 unspecified atom stereocenters. The van der Waals surface area contributed by atoms with Crippen LogP contribution in [0.5, 0.6) is 11.5 Å². The maximum atomic E-state index is 13.6. The maximum Gasteiger partial charge on any atom is 0.290 e. The Balaban J connectivity index is 1.90. The van der Waals surface area contributed by atoms with Crippen molar-refractivity contribution in [2.24, 2.45) is 0 Å². The zero-order valence-corrected chi connectivity index (χ0v) is 20.6. The van der Waals surface area contributed by atoms with Crippen LogP contribution in [0.3, 0.4) is 0 Å². The third-order valence-electron chi connectivity index (χ3n) is 5.66. The minimum Gasteiger partial charge on any atom is -0.493 e. The second-order valence-electron chi connectivity index (χ2n) is 7.99. The second-order valence-corrected chi connectivity index (χ2v) is 9.23. The van der Waals surface area contributed by atoms with Gasteiger partial charge in [-0.2, -0.15) is 0 Å². The molecule has 2 aromatic carbocycles. The molecule has 0 bridgehead atoms. The molecule has 168 valence electrons. The summed E-state index contributed by atoms with van der Waals surface area (Å²) >= 11 is 2.17. The van der Waals surface area contributed by atoms with Gasteiger partial charge in [-0.05, 0) is 85.5 Å². The minimum absolute atomic E-state index is 0.119. The molecule has 0 fully saturated rings. The number of fused-ring (bicyclic) bond motifs is 2. The van der Waals surface area contributed by atoms with Gasteiger partial charge >= 0.3 is 0 Å². The van der Waals surface area contributed by atoms with E-state index in [0.29, 0.717) is 34.6 Å². The van der Waals surface area contributed by atoms with Crippen molar-refractivity contribution >= 4 is 39.5 Å². The molecule has 1 atom stereocenters. The SMILES string of the molecule is COc1ccc(C2c3c(oc4ccc(I)cc4c3=O)C(=O)N2CCCN(C)C)cc1OC. The fourth-order valence-electron chi connectivity index (χ4n) is 4.15. The summed E-state index contributed by atoms with van der Waals surface area (Å²) in [4.78, 5) is 30.8. The summed E-state index contributed by atoms with van der Waals surface area (Å²) < 4.78 is 17.8. The van der Waals surface area contributed by atoms with Gasteiger partial charge in [-0.3, -0.25) is 9.59 Å². The molecule has 1 amide bonds. The molecule has 1 aliphatic heterocycles. The van der Waals surface area contributed by atoms with Gasteiger partial charge in [0.1, 0.15) is 5.58 Å². The lowest BCUT2D eigenvalue weighted by Crippen LogP contribution is -2.32. The Hall–Kier alpha value is -2.59. The molecule has 0 saturated heterocycles. The average molecular weight is 548 g/mol. The molecule has 7 nitrogen and oxygen atoms in total. The second kappa shape index (κ2) is 9.11. The summed E-state index contributed by atoms with van der Waals surface area (Å²) in [5.74, 6) is 0.975. The van der Waals surface area contributed by atoms with Crippen LogP contribution in [0.15, 0.2) is 45.6 Å². The molecular weight excluding hydrogens is 523 g/mol. The van der Waals surface area contributed by atoms with Gasteiger partial charge < -0.3 is 23.7 Å². The molecule has 0 spiro atoms. The summed E-state index contributed by atoms with van der Waals surface area (Å²) in [6, 6.07) is 10.3. The van der Waals surface area contributed by atoms with Gasteiger partial charge in [0.05, 0.1) is 31.2 Å². The number of carbonyl (C=O) groups is 1. The van der Waals surface area contributed by atoms with Crippen LogP contribution < -0.4 is 14.9 Å². The summed E-state index contributed by atoms with van der Waals surface area (Å²) in [5.41, 5.74) is 1.39. The van der Waals surface area contributed by atoms with Crippen molar-refractivity contribution in [1.29, 1.82) is 0 Å². The molecule has 0 N–H and O–H groups in total. The molecule has 2 heterocycles. The van der Waals surface area contributed by atoms with Crippen molar-refractivity contribution in [3.8, 4) is 11.5 Å². The quantitative estimate of drug-likeness (QED) is 0.417. The molecule has 32 heavy (non-hydrogen) atoms. The van der Waals surface area contributed by atoms with Gasteiger partial charge in [0.2, 0.25) is 5.76 Å². The lowest BCUT2D eigenvalue weighted by atomic mass is 9.98. The van der Waals surface area contributed by atoms with E-state index < -0.39 is 6.04 Å². The van der Waals surface area contributed by atoms with Crippen molar-refractivity contribution in [3.05, 3.63) is 67.1 Å². The number of benzene rings is 2. The largest absolute Gasteiger partial charge is 0.493 e. The van der Waals surface area contributed by atoms with Gasteiger partial charge in [-0.1, -0.05) is 6.07 Å². The highest BCUT2D eigenvalue weighted by atomic mass is 127. The van der Waals surface area contributed by atoms with E-state index in [9.17, 15) is 9.59 Å². The number of ether oxygens (including phenoxy) is 2. The van der Waals surface area contributed by atoms with Crippen LogP contribution in [-0.4, -0.2) is 57.1 Å². The Bertz CT molecular complexity index is 1240. The predicted molar refractivity (Wildman–Crippen MR) is 131 cm³/mol. The van der Waals surface area contributed by atoms with Crippen molar-refractivity contribution in [1.82, 2.24) is 9.80 Å². The van der Waals surface area contributed by atoms with Crippen LogP contribution in [-0.2, 0) is 0 Å². The van der Waals surface area contributed by atoms with Crippen molar-refractivity contribution in [2.75, 3.05) is 41.4 Å². The summed E-state index contributed by atoms with van der Waals surface area (Å²) in [5, 5.41) is 0.476. The lowest BCUT2D eigenvalue weighted by molar-refractivity contribution is 0.0722. The molecule has 1 aromatic heterocycles. The van der Waals surface area contributed by atoms with Crippen molar-refractivity contribution in [3.63, 3.8) is 0 Å². The van der Waals surface area contributed by atoms with Gasteiger partial charge in [0, 0.05) is 10.1 Å². The van der Waals surface area contributed by atoms with Gasteiger partial charge in [-0.15, -0.1) is 0 Å². The zero-order valence-electron chi connectivity index (χ0n) is 18.5. The summed E-state index contributed by atoms with van der Waals surface area (Å²) in [6.07, 6.45) is 0.766. The van der Waals surface area contributed by atoms with E-state index in [1.54, 1.807) is 37.3 Å². The first-order valence-electron chi connectivity index (χ1n) is 10.3. The normalized spacial score (nSPS) is 15.5. The number of hydrogen-bond donors (Lipinski definition) is 0. The van der Waals surface area contributed by atoms with E-state index >= 15 is 0 Å². The molecule has 1 aliphatic rings. The summed E-state index contributed by atoms with van der Waals surface area (Å²) in [7, 11) is 7.12. The van der Waals surface area contributed by atoms with E-state index in [0.717, 1.165) is 22.1 Å². The Morgan fingerprint density at radius 3 is 2.50 bits per heavy atom. The molecule has 0 aliphatic carbocycles. The number of methoxy groups -OCH3 is 2. The van der Waals surface area contributed by atoms with Gasteiger partial charge in [0.15, 0.2) is 16.9 Å². The fraction of sp³-hybridized carbons (Fsp3) is 0.333. The van der Waals surface area contributed by atoms with Crippen LogP contribution in [0, 0.1) is 3.57 Å². The highest BCUT2D eigenvalue weighted by molar-refractivity contribution is 14.1. The first-order chi connectivity index (χ1) is 15.3. The number of halogens is 1. The summed E-state index contributed by atoms with van der Waals surface area (Å²) in [6.45, 7) is 1.31.